The van der Waals surface area contributed by atoms with Crippen molar-refractivity contribution in [2.45, 2.75) is 19.3 Å². The topological polar surface area (TPSA) is 45.2 Å². The molecule has 2 aromatic carbocycles. The molecule has 0 saturated carbocycles. The number of para-hydroxylation sites is 1. The summed E-state index contributed by atoms with van der Waals surface area (Å²) in [6.07, 6.45) is 5.21. The van der Waals surface area contributed by atoms with Gasteiger partial charge in [0, 0.05) is 30.7 Å². The number of piperidine rings is 1. The molecule has 1 aliphatic heterocycles. The van der Waals surface area contributed by atoms with Crippen LogP contribution in [0.15, 0.2) is 79.0 Å². The summed E-state index contributed by atoms with van der Waals surface area (Å²) in [6.45, 7) is 2.03. The number of rotatable bonds is 5. The van der Waals surface area contributed by atoms with E-state index in [1.807, 2.05) is 42.5 Å². The molecular weight excluding hydrogens is 346 g/mol. The number of hydrogen-bond acceptors (Lipinski definition) is 3. The summed E-state index contributed by atoms with van der Waals surface area (Å²) in [7, 11) is 0. The Kier molecular flexibility index (Phi) is 5.66. The Labute approximate surface area is 166 Å². The molecular formula is C24H25N3O. The normalized spacial score (nSPS) is 14.6. The highest BCUT2D eigenvalue weighted by atomic mass is 16.1. The SMILES string of the molecule is O=C(Nc1ccccc1)c1cc(N2CCC(Cc3ccccc3)CC2)ccn1. The van der Waals surface area contributed by atoms with Gasteiger partial charge in [-0.3, -0.25) is 9.78 Å². The molecule has 4 heteroatoms. The van der Waals surface area contributed by atoms with Gasteiger partial charge in [0.1, 0.15) is 5.69 Å². The number of carbonyl (C=O) groups is 1. The van der Waals surface area contributed by atoms with Crippen molar-refractivity contribution in [1.29, 1.82) is 0 Å². The van der Waals surface area contributed by atoms with E-state index in [1.54, 1.807) is 6.20 Å². The highest BCUT2D eigenvalue weighted by Crippen LogP contribution is 2.26. The molecule has 28 heavy (non-hydrogen) atoms. The lowest BCUT2D eigenvalue weighted by molar-refractivity contribution is 0.102. The van der Waals surface area contributed by atoms with E-state index in [4.69, 9.17) is 0 Å². The number of aromatic nitrogens is 1. The highest BCUT2D eigenvalue weighted by Gasteiger charge is 2.20. The third kappa shape index (κ3) is 4.58. The summed E-state index contributed by atoms with van der Waals surface area (Å²) in [6, 6.07) is 24.1. The molecule has 3 aromatic rings. The van der Waals surface area contributed by atoms with Crippen LogP contribution in [0.3, 0.4) is 0 Å². The molecule has 0 radical (unpaired) electrons. The van der Waals surface area contributed by atoms with E-state index in [0.29, 0.717) is 5.69 Å². The number of benzene rings is 2. The van der Waals surface area contributed by atoms with E-state index >= 15 is 0 Å². The first-order valence-corrected chi connectivity index (χ1v) is 9.89. The summed E-state index contributed by atoms with van der Waals surface area (Å²) in [5.74, 6) is 0.549. The fourth-order valence-corrected chi connectivity index (χ4v) is 3.80. The lowest BCUT2D eigenvalue weighted by Crippen LogP contribution is -2.34. The lowest BCUT2D eigenvalue weighted by Gasteiger charge is -2.33. The maximum absolute atomic E-state index is 12.5. The van der Waals surface area contributed by atoms with Gasteiger partial charge in [-0.1, -0.05) is 48.5 Å². The first-order valence-electron chi connectivity index (χ1n) is 9.89. The van der Waals surface area contributed by atoms with Gasteiger partial charge in [0.15, 0.2) is 0 Å². The predicted molar refractivity (Wildman–Crippen MR) is 114 cm³/mol. The van der Waals surface area contributed by atoms with Gasteiger partial charge in [0.2, 0.25) is 0 Å². The molecule has 2 heterocycles. The van der Waals surface area contributed by atoms with Gasteiger partial charge in [0.25, 0.3) is 5.91 Å². The monoisotopic (exact) mass is 371 g/mol. The van der Waals surface area contributed by atoms with Crippen molar-refractivity contribution in [3.63, 3.8) is 0 Å². The number of anilines is 2. The van der Waals surface area contributed by atoms with E-state index in [2.05, 4.69) is 45.5 Å². The van der Waals surface area contributed by atoms with Gasteiger partial charge in [-0.05, 0) is 55.0 Å². The Morgan fingerprint density at radius 3 is 2.36 bits per heavy atom. The Hall–Kier alpha value is -3.14. The third-order valence-electron chi connectivity index (χ3n) is 5.35. The molecule has 1 aromatic heterocycles. The van der Waals surface area contributed by atoms with E-state index in [0.717, 1.165) is 36.8 Å². The lowest BCUT2D eigenvalue weighted by atomic mass is 9.90. The van der Waals surface area contributed by atoms with Crippen molar-refractivity contribution < 1.29 is 4.79 Å². The van der Waals surface area contributed by atoms with E-state index in [1.165, 1.54) is 18.4 Å². The van der Waals surface area contributed by atoms with E-state index in [9.17, 15) is 4.79 Å². The van der Waals surface area contributed by atoms with E-state index < -0.39 is 0 Å². The van der Waals surface area contributed by atoms with Crippen LogP contribution in [-0.2, 0) is 6.42 Å². The molecule has 0 bridgehead atoms. The molecule has 0 spiro atoms. The molecule has 1 saturated heterocycles. The molecule has 4 nitrogen and oxygen atoms in total. The Bertz CT molecular complexity index is 903. The van der Waals surface area contributed by atoms with Crippen molar-refractivity contribution in [3.8, 4) is 0 Å². The quantitative estimate of drug-likeness (QED) is 0.701. The van der Waals surface area contributed by atoms with Crippen molar-refractivity contribution in [2.75, 3.05) is 23.3 Å². The van der Waals surface area contributed by atoms with Crippen LogP contribution in [0.5, 0.6) is 0 Å². The molecule has 0 unspecified atom stereocenters. The fraction of sp³-hybridized carbons (Fsp3) is 0.250. The van der Waals surface area contributed by atoms with Gasteiger partial charge in [-0.25, -0.2) is 0 Å². The first kappa shape index (κ1) is 18.2. The van der Waals surface area contributed by atoms with E-state index in [-0.39, 0.29) is 5.91 Å². The molecule has 4 rings (SSSR count). The highest BCUT2D eigenvalue weighted by molar-refractivity contribution is 6.03. The fourth-order valence-electron chi connectivity index (χ4n) is 3.80. The standard InChI is InChI=1S/C24H25N3O/c28-24(26-21-9-5-2-6-10-21)23-18-22(11-14-25-23)27-15-12-20(13-16-27)17-19-7-3-1-4-8-19/h1-11,14,18,20H,12-13,15-17H2,(H,26,28). The summed E-state index contributed by atoms with van der Waals surface area (Å²) in [4.78, 5) is 19.1. The Morgan fingerprint density at radius 1 is 0.964 bits per heavy atom. The summed E-state index contributed by atoms with van der Waals surface area (Å²) in [5, 5.41) is 2.90. The molecule has 1 fully saturated rings. The number of pyridine rings is 1. The summed E-state index contributed by atoms with van der Waals surface area (Å²) >= 11 is 0. The molecule has 142 valence electrons. The van der Waals surface area contributed by atoms with Crippen LogP contribution in [0.2, 0.25) is 0 Å². The van der Waals surface area contributed by atoms with Crippen LogP contribution >= 0.6 is 0 Å². The smallest absolute Gasteiger partial charge is 0.274 e. The van der Waals surface area contributed by atoms with Crippen molar-refractivity contribution >= 4 is 17.3 Å². The zero-order chi connectivity index (χ0) is 19.2. The third-order valence-corrected chi connectivity index (χ3v) is 5.35. The van der Waals surface area contributed by atoms with Crippen molar-refractivity contribution in [2.24, 2.45) is 5.92 Å². The second kappa shape index (κ2) is 8.70. The minimum atomic E-state index is -0.174. The number of nitrogens with one attached hydrogen (secondary N) is 1. The van der Waals surface area contributed by atoms with Crippen LogP contribution in [0.4, 0.5) is 11.4 Å². The van der Waals surface area contributed by atoms with Gasteiger partial charge in [0.05, 0.1) is 0 Å². The van der Waals surface area contributed by atoms with Crippen LogP contribution in [0.25, 0.3) is 0 Å². The zero-order valence-electron chi connectivity index (χ0n) is 15.9. The second-order valence-corrected chi connectivity index (χ2v) is 7.34. The summed E-state index contributed by atoms with van der Waals surface area (Å²) < 4.78 is 0. The number of amides is 1. The molecule has 0 aliphatic carbocycles. The van der Waals surface area contributed by atoms with Crippen LogP contribution in [0, 0.1) is 5.92 Å². The van der Waals surface area contributed by atoms with Crippen molar-refractivity contribution in [1.82, 2.24) is 4.98 Å². The van der Waals surface area contributed by atoms with Crippen LogP contribution in [-0.4, -0.2) is 24.0 Å². The average Bonchev–Trinajstić information content (AvgIpc) is 2.76. The Morgan fingerprint density at radius 2 is 1.64 bits per heavy atom. The second-order valence-electron chi connectivity index (χ2n) is 7.34. The van der Waals surface area contributed by atoms with Gasteiger partial charge in [-0.2, -0.15) is 0 Å². The van der Waals surface area contributed by atoms with Crippen LogP contribution in [0.1, 0.15) is 28.9 Å². The molecule has 1 amide bonds. The first-order chi connectivity index (χ1) is 13.8. The summed E-state index contributed by atoms with van der Waals surface area (Å²) in [5.41, 5.74) is 3.73. The zero-order valence-corrected chi connectivity index (χ0v) is 15.9. The Balaban J connectivity index is 1.36. The van der Waals surface area contributed by atoms with Gasteiger partial charge in [-0.15, -0.1) is 0 Å². The number of carbonyl (C=O) groups excluding carboxylic acids is 1. The molecule has 1 N–H and O–H groups in total. The average molecular weight is 371 g/mol. The number of hydrogen-bond donors (Lipinski definition) is 1. The number of nitrogens with zero attached hydrogens (tertiary/aromatic N) is 2. The largest absolute Gasteiger partial charge is 0.371 e. The van der Waals surface area contributed by atoms with Gasteiger partial charge < -0.3 is 10.2 Å². The maximum Gasteiger partial charge on any atom is 0.274 e. The van der Waals surface area contributed by atoms with Crippen molar-refractivity contribution in [3.05, 3.63) is 90.3 Å². The van der Waals surface area contributed by atoms with Gasteiger partial charge >= 0.3 is 0 Å². The molecule has 0 atom stereocenters. The minimum Gasteiger partial charge on any atom is -0.371 e. The molecule has 1 aliphatic rings. The predicted octanol–water partition coefficient (Wildman–Crippen LogP) is 4.79. The maximum atomic E-state index is 12.5. The minimum absolute atomic E-state index is 0.174. The van der Waals surface area contributed by atoms with Crippen LogP contribution < -0.4 is 10.2 Å².